The molecule has 30 heavy (non-hydrogen) atoms. The highest BCUT2D eigenvalue weighted by Gasteiger charge is 2.24. The average Bonchev–Trinajstić information content (AvgIpc) is 2.74. The maximum Gasteiger partial charge on any atom is 0.248 e. The molecule has 2 rings (SSSR count). The number of rotatable bonds is 7. The Hall–Kier alpha value is -3.15. The number of hydrogen-bond acceptors (Lipinski definition) is 5. The summed E-state index contributed by atoms with van der Waals surface area (Å²) in [5, 5.41) is 0. The number of aliphatic imine (C=N–C) groups is 1. The predicted octanol–water partition coefficient (Wildman–Crippen LogP) is 4.55. The fourth-order valence-corrected chi connectivity index (χ4v) is 2.86. The van der Waals surface area contributed by atoms with E-state index < -0.39 is 5.91 Å². The molecule has 162 valence electrons. The zero-order valence-corrected chi connectivity index (χ0v) is 18.9. The highest BCUT2D eigenvalue weighted by atomic mass is 16.5. The van der Waals surface area contributed by atoms with Crippen LogP contribution in [-0.4, -0.2) is 38.7 Å². The molecule has 2 N–H and O–H groups in total. The molecule has 0 atom stereocenters. The van der Waals surface area contributed by atoms with E-state index in [1.807, 2.05) is 25.2 Å². The number of amides is 1. The van der Waals surface area contributed by atoms with Crippen molar-refractivity contribution in [2.45, 2.75) is 34.1 Å². The minimum Gasteiger partial charge on any atom is -0.493 e. The molecule has 0 radical (unpaired) electrons. The summed E-state index contributed by atoms with van der Waals surface area (Å²) < 4.78 is 10.6. The van der Waals surface area contributed by atoms with Crippen LogP contribution in [0.15, 0.2) is 47.5 Å². The number of Topliss-reactive ketones (excluding diaryl/α,β-unsaturated/α-hetero) is 1. The van der Waals surface area contributed by atoms with Crippen LogP contribution in [0.4, 0.5) is 0 Å². The first-order valence-electron chi connectivity index (χ1n) is 9.71. The van der Waals surface area contributed by atoms with Crippen LogP contribution in [0, 0.1) is 5.41 Å². The lowest BCUT2D eigenvalue weighted by Gasteiger charge is -2.25. The highest BCUT2D eigenvalue weighted by Crippen LogP contribution is 2.32. The van der Waals surface area contributed by atoms with E-state index in [0.29, 0.717) is 11.1 Å². The number of ketones is 1. The zero-order valence-electron chi connectivity index (χ0n) is 18.9. The van der Waals surface area contributed by atoms with E-state index in [1.54, 1.807) is 32.4 Å². The van der Waals surface area contributed by atoms with Gasteiger partial charge in [-0.1, -0.05) is 32.9 Å². The number of hydrogen-bond donors (Lipinski definition) is 1. The Labute approximate surface area is 179 Å². The van der Waals surface area contributed by atoms with Crippen molar-refractivity contribution in [1.82, 2.24) is 0 Å². The van der Waals surface area contributed by atoms with Crippen LogP contribution in [-0.2, 0) is 0 Å². The van der Waals surface area contributed by atoms with Crippen molar-refractivity contribution in [2.75, 3.05) is 21.3 Å². The first kappa shape index (κ1) is 24.9. The first-order valence-corrected chi connectivity index (χ1v) is 9.71. The standard InChI is InChI=1S/C15H23NO2.C9H9NO2/c1-7-15(2,3)14(16-4)11-8-9-12(17-5)13(10-11)18-6;1-6(11)7-3-2-4-8(5-7)9(10)12/h8-10H,7H2,1-6H3;2-5H,1H3,(H2,10,12). The SMILES string of the molecule is CC(=O)c1cccc(C(N)=O)c1.CCC(C)(C)C(=NC)c1ccc(OC)c(OC)c1. The molecule has 6 nitrogen and oxygen atoms in total. The second kappa shape index (κ2) is 11.1. The largest absolute Gasteiger partial charge is 0.493 e. The van der Waals surface area contributed by atoms with Crippen LogP contribution in [0.5, 0.6) is 11.5 Å². The third-order valence-corrected chi connectivity index (χ3v) is 4.96. The van der Waals surface area contributed by atoms with Gasteiger partial charge in [0, 0.05) is 29.3 Å². The van der Waals surface area contributed by atoms with Gasteiger partial charge in [0.2, 0.25) is 5.91 Å². The lowest BCUT2D eigenvalue weighted by Crippen LogP contribution is -2.24. The van der Waals surface area contributed by atoms with Crippen molar-refractivity contribution in [1.29, 1.82) is 0 Å². The fraction of sp³-hybridized carbons (Fsp3) is 0.375. The van der Waals surface area contributed by atoms with Gasteiger partial charge >= 0.3 is 0 Å². The molecular formula is C24H32N2O4. The van der Waals surface area contributed by atoms with Crippen LogP contribution in [0.2, 0.25) is 0 Å². The van der Waals surface area contributed by atoms with Gasteiger partial charge in [-0.25, -0.2) is 0 Å². The maximum absolute atomic E-state index is 10.9. The number of nitrogens with zero attached hydrogens (tertiary/aromatic N) is 1. The van der Waals surface area contributed by atoms with Crippen molar-refractivity contribution >= 4 is 17.4 Å². The topological polar surface area (TPSA) is 91.0 Å². The Morgan fingerprint density at radius 2 is 1.57 bits per heavy atom. The quantitative estimate of drug-likeness (QED) is 0.534. The number of benzene rings is 2. The molecule has 1 amide bonds. The molecule has 0 aromatic heterocycles. The van der Waals surface area contributed by atoms with E-state index in [2.05, 4.69) is 25.8 Å². The van der Waals surface area contributed by atoms with Gasteiger partial charge in [-0.15, -0.1) is 0 Å². The third kappa shape index (κ3) is 6.44. The van der Waals surface area contributed by atoms with E-state index in [1.165, 1.54) is 13.0 Å². The van der Waals surface area contributed by atoms with E-state index in [0.717, 1.165) is 29.2 Å². The Bertz CT molecular complexity index is 888. The second-order valence-corrected chi connectivity index (χ2v) is 7.38. The summed E-state index contributed by atoms with van der Waals surface area (Å²) in [4.78, 5) is 26.0. The summed E-state index contributed by atoms with van der Waals surface area (Å²) in [6.45, 7) is 8.02. The Morgan fingerprint density at radius 3 is 2.03 bits per heavy atom. The van der Waals surface area contributed by atoms with Gasteiger partial charge in [-0.3, -0.25) is 14.6 Å². The molecule has 0 aliphatic heterocycles. The van der Waals surface area contributed by atoms with Gasteiger partial charge in [0.25, 0.3) is 0 Å². The van der Waals surface area contributed by atoms with Crippen molar-refractivity contribution in [3.05, 3.63) is 59.2 Å². The zero-order chi connectivity index (χ0) is 22.9. The third-order valence-electron chi connectivity index (χ3n) is 4.96. The monoisotopic (exact) mass is 412 g/mol. The van der Waals surface area contributed by atoms with Crippen LogP contribution < -0.4 is 15.2 Å². The lowest BCUT2D eigenvalue weighted by atomic mass is 9.81. The molecule has 0 bridgehead atoms. The van der Waals surface area contributed by atoms with Gasteiger partial charge in [0.15, 0.2) is 17.3 Å². The van der Waals surface area contributed by atoms with E-state index in [4.69, 9.17) is 15.2 Å². The van der Waals surface area contributed by atoms with Gasteiger partial charge in [0.05, 0.1) is 14.2 Å². The van der Waals surface area contributed by atoms with Crippen molar-refractivity contribution in [3.8, 4) is 11.5 Å². The molecule has 0 unspecified atom stereocenters. The second-order valence-electron chi connectivity index (χ2n) is 7.38. The van der Waals surface area contributed by atoms with Gasteiger partial charge < -0.3 is 15.2 Å². The number of methoxy groups -OCH3 is 2. The summed E-state index contributed by atoms with van der Waals surface area (Å²) in [6.07, 6.45) is 1.04. The molecule has 0 aliphatic rings. The van der Waals surface area contributed by atoms with Crippen LogP contribution in [0.1, 0.15) is 60.4 Å². The Balaban J connectivity index is 0.000000325. The number of ether oxygens (including phenoxy) is 2. The normalized spacial score (nSPS) is 11.2. The number of primary amides is 1. The van der Waals surface area contributed by atoms with E-state index in [-0.39, 0.29) is 11.2 Å². The smallest absolute Gasteiger partial charge is 0.248 e. The van der Waals surface area contributed by atoms with Crippen molar-refractivity contribution in [3.63, 3.8) is 0 Å². The van der Waals surface area contributed by atoms with Crippen molar-refractivity contribution < 1.29 is 19.1 Å². The molecule has 2 aromatic carbocycles. The summed E-state index contributed by atoms with van der Waals surface area (Å²) >= 11 is 0. The summed E-state index contributed by atoms with van der Waals surface area (Å²) in [5.41, 5.74) is 8.13. The molecule has 0 saturated heterocycles. The molecule has 0 heterocycles. The number of nitrogens with two attached hydrogens (primary N) is 1. The lowest BCUT2D eigenvalue weighted by molar-refractivity contribution is 0.1000. The predicted molar refractivity (Wildman–Crippen MR) is 121 cm³/mol. The number of carbonyl (C=O) groups excluding carboxylic acids is 2. The average molecular weight is 413 g/mol. The molecular weight excluding hydrogens is 380 g/mol. The number of carbonyl (C=O) groups is 2. The molecule has 2 aromatic rings. The van der Waals surface area contributed by atoms with Crippen LogP contribution >= 0.6 is 0 Å². The van der Waals surface area contributed by atoms with Crippen LogP contribution in [0.3, 0.4) is 0 Å². The fourth-order valence-electron chi connectivity index (χ4n) is 2.86. The molecule has 6 heteroatoms. The highest BCUT2D eigenvalue weighted by molar-refractivity contribution is 6.04. The summed E-state index contributed by atoms with van der Waals surface area (Å²) in [5.74, 6) is 0.894. The van der Waals surface area contributed by atoms with Crippen molar-refractivity contribution in [2.24, 2.45) is 16.1 Å². The summed E-state index contributed by atoms with van der Waals surface area (Å²) in [6, 6.07) is 12.3. The van der Waals surface area contributed by atoms with Gasteiger partial charge in [-0.2, -0.15) is 0 Å². The summed E-state index contributed by atoms with van der Waals surface area (Å²) in [7, 11) is 5.13. The first-order chi connectivity index (χ1) is 14.1. The minimum absolute atomic E-state index is 0.0500. The van der Waals surface area contributed by atoms with Gasteiger partial charge in [0.1, 0.15) is 0 Å². The Kier molecular flexibility index (Phi) is 9.24. The van der Waals surface area contributed by atoms with Gasteiger partial charge in [-0.05, 0) is 49.2 Å². The van der Waals surface area contributed by atoms with E-state index >= 15 is 0 Å². The molecule has 0 spiro atoms. The molecule has 0 fully saturated rings. The van der Waals surface area contributed by atoms with Crippen LogP contribution in [0.25, 0.3) is 0 Å². The maximum atomic E-state index is 10.9. The van der Waals surface area contributed by atoms with E-state index in [9.17, 15) is 9.59 Å². The molecule has 0 saturated carbocycles. The Morgan fingerprint density at radius 1 is 0.967 bits per heavy atom. The minimum atomic E-state index is -0.516. The molecule has 0 aliphatic carbocycles.